The van der Waals surface area contributed by atoms with E-state index in [-0.39, 0.29) is 36.7 Å². The van der Waals surface area contributed by atoms with Crippen LogP contribution >= 0.6 is 0 Å². The maximum atomic E-state index is 12.8. The Balaban J connectivity index is 2.09. The number of para-hydroxylation sites is 1. The minimum Gasteiger partial charge on any atom is -0.481 e. The molecule has 1 unspecified atom stereocenters. The Morgan fingerprint density at radius 2 is 2.04 bits per heavy atom. The number of piperidine rings is 1. The average molecular weight is 398 g/mol. The van der Waals surface area contributed by atoms with Gasteiger partial charge in [0.1, 0.15) is 5.75 Å². The van der Waals surface area contributed by atoms with Crippen molar-refractivity contribution < 1.29 is 33.0 Å². The van der Waals surface area contributed by atoms with Gasteiger partial charge < -0.3 is 19.6 Å². The molecule has 1 saturated heterocycles. The zero-order valence-corrected chi connectivity index (χ0v) is 15.6. The fraction of sp³-hybridized carbons (Fsp3) is 0.526. The Morgan fingerprint density at radius 3 is 2.68 bits per heavy atom. The number of carbonyl (C=O) groups excluding carboxylic acids is 2. The van der Waals surface area contributed by atoms with Crippen molar-refractivity contribution in [3.8, 4) is 5.75 Å². The number of rotatable bonds is 8. The quantitative estimate of drug-likeness (QED) is 0.727. The van der Waals surface area contributed by atoms with Crippen molar-refractivity contribution in [2.24, 2.45) is 5.92 Å². The number of carboxylic acid groups (broad SMARTS) is 1. The summed E-state index contributed by atoms with van der Waals surface area (Å²) in [5.74, 6) is -2.30. The topological polar surface area (TPSA) is 87.2 Å². The summed E-state index contributed by atoms with van der Waals surface area (Å²) < 4.78 is 29.6. The summed E-state index contributed by atoms with van der Waals surface area (Å²) in [4.78, 5) is 39.3. The number of aliphatic carboxylic acids is 1. The van der Waals surface area contributed by atoms with Crippen LogP contribution in [0.3, 0.4) is 0 Å². The molecule has 1 fully saturated rings. The summed E-state index contributed by atoms with van der Waals surface area (Å²) in [5.41, 5.74) is 0.0223. The van der Waals surface area contributed by atoms with Crippen molar-refractivity contribution in [1.29, 1.82) is 0 Å². The highest BCUT2D eigenvalue weighted by Gasteiger charge is 2.32. The number of carbonyl (C=O) groups is 3. The first-order chi connectivity index (χ1) is 13.3. The third kappa shape index (κ3) is 5.64. The highest BCUT2D eigenvalue weighted by atomic mass is 19.3. The Bertz CT molecular complexity index is 713. The molecule has 1 aliphatic rings. The summed E-state index contributed by atoms with van der Waals surface area (Å²) in [6, 6.07) is 5.77. The first kappa shape index (κ1) is 21.6. The SMILES string of the molecule is CCN(CCC(=O)O)C(=O)C1CCCN(C(=O)c2ccccc2OC(F)F)C1. The normalized spacial score (nSPS) is 16.7. The van der Waals surface area contributed by atoms with Crippen LogP contribution in [-0.4, -0.2) is 65.5 Å². The number of benzene rings is 1. The Morgan fingerprint density at radius 1 is 1.32 bits per heavy atom. The number of halogens is 2. The van der Waals surface area contributed by atoms with Crippen LogP contribution in [0.5, 0.6) is 5.75 Å². The van der Waals surface area contributed by atoms with E-state index in [1.165, 1.54) is 28.0 Å². The van der Waals surface area contributed by atoms with Crippen LogP contribution in [0.25, 0.3) is 0 Å². The van der Waals surface area contributed by atoms with Crippen LogP contribution in [0, 0.1) is 5.92 Å². The van der Waals surface area contributed by atoms with Crippen LogP contribution < -0.4 is 4.74 Å². The number of hydrogen-bond acceptors (Lipinski definition) is 4. The van der Waals surface area contributed by atoms with Gasteiger partial charge in [0.2, 0.25) is 5.91 Å². The van der Waals surface area contributed by atoms with E-state index < -0.39 is 24.4 Å². The van der Waals surface area contributed by atoms with E-state index in [9.17, 15) is 23.2 Å². The minimum absolute atomic E-state index is 0.0223. The first-order valence-electron chi connectivity index (χ1n) is 9.17. The Kier molecular flexibility index (Phi) is 7.71. The van der Waals surface area contributed by atoms with Crippen LogP contribution in [0.15, 0.2) is 24.3 Å². The lowest BCUT2D eigenvalue weighted by atomic mass is 9.95. The molecule has 0 aromatic heterocycles. The third-order valence-electron chi connectivity index (χ3n) is 4.68. The summed E-state index contributed by atoms with van der Waals surface area (Å²) in [7, 11) is 0. The number of alkyl halides is 2. The smallest absolute Gasteiger partial charge is 0.387 e. The highest BCUT2D eigenvalue weighted by molar-refractivity contribution is 5.97. The van der Waals surface area contributed by atoms with Gasteiger partial charge in [-0.15, -0.1) is 0 Å². The number of ether oxygens (including phenoxy) is 1. The second-order valence-corrected chi connectivity index (χ2v) is 6.53. The van der Waals surface area contributed by atoms with Gasteiger partial charge in [0.25, 0.3) is 5.91 Å². The number of carboxylic acids is 1. The van der Waals surface area contributed by atoms with Crippen molar-refractivity contribution in [3.63, 3.8) is 0 Å². The lowest BCUT2D eigenvalue weighted by Gasteiger charge is -2.35. The fourth-order valence-electron chi connectivity index (χ4n) is 3.29. The van der Waals surface area contributed by atoms with Gasteiger partial charge in [-0.2, -0.15) is 8.78 Å². The van der Waals surface area contributed by atoms with E-state index in [0.29, 0.717) is 25.9 Å². The molecule has 154 valence electrons. The second-order valence-electron chi connectivity index (χ2n) is 6.53. The Labute approximate surface area is 161 Å². The summed E-state index contributed by atoms with van der Waals surface area (Å²) in [6.07, 6.45) is 1.03. The van der Waals surface area contributed by atoms with Crippen LogP contribution in [0.2, 0.25) is 0 Å². The summed E-state index contributed by atoms with van der Waals surface area (Å²) in [6.45, 7) is -0.223. The Hall–Kier alpha value is -2.71. The predicted octanol–water partition coefficient (Wildman–Crippen LogP) is 2.46. The molecule has 1 aromatic carbocycles. The van der Waals surface area contributed by atoms with Gasteiger partial charge in [-0.05, 0) is 31.9 Å². The molecule has 9 heteroatoms. The molecule has 7 nitrogen and oxygen atoms in total. The van der Waals surface area contributed by atoms with Gasteiger partial charge in [-0.3, -0.25) is 14.4 Å². The molecular formula is C19H24F2N2O5. The molecule has 2 amide bonds. The molecule has 0 bridgehead atoms. The van der Waals surface area contributed by atoms with Crippen LogP contribution in [-0.2, 0) is 9.59 Å². The highest BCUT2D eigenvalue weighted by Crippen LogP contribution is 2.25. The fourth-order valence-corrected chi connectivity index (χ4v) is 3.29. The molecular weight excluding hydrogens is 374 g/mol. The van der Waals surface area contributed by atoms with Gasteiger partial charge in [0, 0.05) is 26.2 Å². The zero-order chi connectivity index (χ0) is 20.7. The average Bonchev–Trinajstić information content (AvgIpc) is 2.67. The molecule has 0 spiro atoms. The molecule has 1 heterocycles. The lowest BCUT2D eigenvalue weighted by Crippen LogP contribution is -2.47. The van der Waals surface area contributed by atoms with Gasteiger partial charge in [0.05, 0.1) is 17.9 Å². The van der Waals surface area contributed by atoms with Crippen LogP contribution in [0.4, 0.5) is 8.78 Å². The molecule has 1 aromatic rings. The molecule has 28 heavy (non-hydrogen) atoms. The van der Waals surface area contributed by atoms with Crippen LogP contribution in [0.1, 0.15) is 36.5 Å². The van der Waals surface area contributed by atoms with Gasteiger partial charge in [-0.1, -0.05) is 12.1 Å². The van der Waals surface area contributed by atoms with E-state index in [2.05, 4.69) is 4.74 Å². The van der Waals surface area contributed by atoms with Crippen molar-refractivity contribution in [2.75, 3.05) is 26.2 Å². The second kappa shape index (κ2) is 10.0. The van der Waals surface area contributed by atoms with E-state index in [0.717, 1.165) is 0 Å². The van der Waals surface area contributed by atoms with Crippen molar-refractivity contribution in [3.05, 3.63) is 29.8 Å². The molecule has 0 radical (unpaired) electrons. The molecule has 0 aliphatic carbocycles. The largest absolute Gasteiger partial charge is 0.481 e. The van der Waals surface area contributed by atoms with Crippen molar-refractivity contribution in [2.45, 2.75) is 32.8 Å². The van der Waals surface area contributed by atoms with E-state index >= 15 is 0 Å². The van der Waals surface area contributed by atoms with Gasteiger partial charge in [0.15, 0.2) is 0 Å². The van der Waals surface area contributed by atoms with Crippen molar-refractivity contribution >= 4 is 17.8 Å². The monoisotopic (exact) mass is 398 g/mol. The molecule has 1 atom stereocenters. The third-order valence-corrected chi connectivity index (χ3v) is 4.68. The molecule has 0 saturated carbocycles. The molecule has 1 aliphatic heterocycles. The number of nitrogens with zero attached hydrogens (tertiary/aromatic N) is 2. The zero-order valence-electron chi connectivity index (χ0n) is 15.6. The van der Waals surface area contributed by atoms with Crippen molar-refractivity contribution in [1.82, 2.24) is 9.80 Å². The predicted molar refractivity (Wildman–Crippen MR) is 96.2 cm³/mol. The van der Waals surface area contributed by atoms with Gasteiger partial charge in [-0.25, -0.2) is 0 Å². The van der Waals surface area contributed by atoms with Gasteiger partial charge >= 0.3 is 12.6 Å². The lowest BCUT2D eigenvalue weighted by molar-refractivity contribution is -0.140. The minimum atomic E-state index is -3.04. The van der Waals surface area contributed by atoms with E-state index in [1.807, 2.05) is 0 Å². The standard InChI is InChI=1S/C19H24F2N2O5/c1-2-22(11-9-16(24)25)17(26)13-6-5-10-23(12-13)18(27)14-7-3-4-8-15(14)28-19(20)21/h3-4,7-8,13,19H,2,5-6,9-12H2,1H3,(H,24,25). The van der Waals surface area contributed by atoms with E-state index in [1.54, 1.807) is 13.0 Å². The maximum Gasteiger partial charge on any atom is 0.387 e. The molecule has 2 rings (SSSR count). The number of hydrogen-bond donors (Lipinski definition) is 1. The number of likely N-dealkylation sites (tertiary alicyclic amines) is 1. The molecule has 1 N–H and O–H groups in total. The number of amides is 2. The first-order valence-corrected chi connectivity index (χ1v) is 9.17. The van der Waals surface area contributed by atoms with E-state index in [4.69, 9.17) is 5.11 Å². The summed E-state index contributed by atoms with van der Waals surface area (Å²) in [5, 5.41) is 8.82. The maximum absolute atomic E-state index is 12.8. The summed E-state index contributed by atoms with van der Waals surface area (Å²) >= 11 is 0.